The van der Waals surface area contributed by atoms with E-state index >= 15 is 0 Å². The Morgan fingerprint density at radius 2 is 2.04 bits per heavy atom. The molecule has 0 unspecified atom stereocenters. The number of aryl methyl sites for hydroxylation is 2. The van der Waals surface area contributed by atoms with Crippen LogP contribution in [0, 0.1) is 5.92 Å². The first-order valence-electron chi connectivity index (χ1n) is 8.88. The summed E-state index contributed by atoms with van der Waals surface area (Å²) in [7, 11) is 0. The lowest BCUT2D eigenvalue weighted by molar-refractivity contribution is -0.122. The Labute approximate surface area is 143 Å². The van der Waals surface area contributed by atoms with Crippen LogP contribution in [0.25, 0.3) is 0 Å². The first-order valence-corrected chi connectivity index (χ1v) is 8.88. The largest absolute Gasteiger partial charge is 0.346 e. The fraction of sp³-hybridized carbons (Fsp3) is 0.526. The van der Waals surface area contributed by atoms with Crippen molar-refractivity contribution < 1.29 is 4.79 Å². The lowest BCUT2D eigenvalue weighted by Gasteiger charge is -2.16. The van der Waals surface area contributed by atoms with Crippen LogP contribution in [-0.2, 0) is 24.2 Å². The normalized spacial score (nSPS) is 15.8. The van der Waals surface area contributed by atoms with Gasteiger partial charge in [-0.3, -0.25) is 4.79 Å². The number of hydrogen-bond donors (Lipinski definition) is 1. The Hall–Kier alpha value is -2.17. The molecule has 24 heavy (non-hydrogen) atoms. The Morgan fingerprint density at radius 1 is 1.25 bits per heavy atom. The number of carbonyl (C=O) groups is 1. The van der Waals surface area contributed by atoms with Gasteiger partial charge < -0.3 is 9.88 Å². The zero-order valence-electron chi connectivity index (χ0n) is 14.5. The molecule has 1 aromatic heterocycles. The number of nitrogens with zero attached hydrogens (tertiary/aromatic N) is 3. The third-order valence-electron chi connectivity index (χ3n) is 4.71. The average Bonchev–Trinajstić information content (AvgIpc) is 3.16. The minimum atomic E-state index is -0.0850. The molecule has 128 valence electrons. The lowest BCUT2D eigenvalue weighted by atomic mass is 9.98. The van der Waals surface area contributed by atoms with E-state index in [9.17, 15) is 4.79 Å². The van der Waals surface area contributed by atoms with Crippen molar-refractivity contribution in [3.63, 3.8) is 0 Å². The molecule has 0 radical (unpaired) electrons. The molecule has 5 nitrogen and oxygen atoms in total. The fourth-order valence-electron chi connectivity index (χ4n) is 3.33. The summed E-state index contributed by atoms with van der Waals surface area (Å²) in [5.41, 5.74) is 1.33. The molecule has 0 bridgehead atoms. The first kappa shape index (κ1) is 16.7. The molecule has 0 saturated heterocycles. The van der Waals surface area contributed by atoms with Crippen molar-refractivity contribution in [2.45, 2.75) is 58.5 Å². The summed E-state index contributed by atoms with van der Waals surface area (Å²) in [5, 5.41) is 11.5. The Kier molecular flexibility index (Phi) is 5.28. The SMILES string of the molecule is C[C@H](CCc1ccccc1)CC(=O)N[C@@H](C)c1nnc2n1CCC2. The number of nitrogens with one attached hydrogen (secondary N) is 1. The third kappa shape index (κ3) is 4.02. The molecule has 1 N–H and O–H groups in total. The molecule has 2 aromatic rings. The van der Waals surface area contributed by atoms with Gasteiger partial charge in [0.2, 0.25) is 5.91 Å². The highest BCUT2D eigenvalue weighted by molar-refractivity contribution is 5.76. The van der Waals surface area contributed by atoms with Crippen LogP contribution in [0.15, 0.2) is 30.3 Å². The molecule has 1 aliphatic heterocycles. The predicted molar refractivity (Wildman–Crippen MR) is 93.4 cm³/mol. The van der Waals surface area contributed by atoms with Crippen LogP contribution in [0.4, 0.5) is 0 Å². The summed E-state index contributed by atoms with van der Waals surface area (Å²) in [6.45, 7) is 5.09. The maximum absolute atomic E-state index is 12.3. The number of aromatic nitrogens is 3. The molecule has 2 heterocycles. The average molecular weight is 326 g/mol. The van der Waals surface area contributed by atoms with E-state index in [1.165, 1.54) is 5.56 Å². The monoisotopic (exact) mass is 326 g/mol. The number of carbonyl (C=O) groups excluding carboxylic acids is 1. The number of amides is 1. The summed E-state index contributed by atoms with van der Waals surface area (Å²) in [5.74, 6) is 2.38. The molecule has 0 aliphatic carbocycles. The van der Waals surface area contributed by atoms with Crippen LogP contribution >= 0.6 is 0 Å². The van der Waals surface area contributed by atoms with E-state index in [2.05, 4.69) is 51.3 Å². The zero-order chi connectivity index (χ0) is 16.9. The molecule has 3 rings (SSSR count). The van der Waals surface area contributed by atoms with Gasteiger partial charge in [-0.25, -0.2) is 0 Å². The van der Waals surface area contributed by atoms with E-state index in [1.807, 2.05) is 13.0 Å². The molecule has 0 saturated carbocycles. The van der Waals surface area contributed by atoms with E-state index in [-0.39, 0.29) is 11.9 Å². The second-order valence-electron chi connectivity index (χ2n) is 6.85. The second kappa shape index (κ2) is 7.60. The number of fused-ring (bicyclic) bond motifs is 1. The van der Waals surface area contributed by atoms with Crippen molar-refractivity contribution in [1.29, 1.82) is 0 Å². The van der Waals surface area contributed by atoms with Gasteiger partial charge in [0, 0.05) is 19.4 Å². The molecule has 2 atom stereocenters. The number of hydrogen-bond acceptors (Lipinski definition) is 3. The topological polar surface area (TPSA) is 59.8 Å². The van der Waals surface area contributed by atoms with Crippen LogP contribution in [-0.4, -0.2) is 20.7 Å². The third-order valence-corrected chi connectivity index (χ3v) is 4.71. The summed E-state index contributed by atoms with van der Waals surface area (Å²) in [6, 6.07) is 10.3. The highest BCUT2D eigenvalue weighted by Gasteiger charge is 2.22. The fourth-order valence-corrected chi connectivity index (χ4v) is 3.33. The predicted octanol–water partition coefficient (Wildman–Crippen LogP) is 3.06. The van der Waals surface area contributed by atoms with Gasteiger partial charge in [0.25, 0.3) is 0 Å². The number of rotatable bonds is 7. The lowest BCUT2D eigenvalue weighted by Crippen LogP contribution is -2.29. The Morgan fingerprint density at radius 3 is 2.83 bits per heavy atom. The highest BCUT2D eigenvalue weighted by Crippen LogP contribution is 2.19. The first-order chi connectivity index (χ1) is 11.6. The van der Waals surface area contributed by atoms with E-state index in [1.54, 1.807) is 0 Å². The minimum Gasteiger partial charge on any atom is -0.346 e. The van der Waals surface area contributed by atoms with E-state index in [4.69, 9.17) is 0 Å². The quantitative estimate of drug-likeness (QED) is 0.850. The van der Waals surface area contributed by atoms with Gasteiger partial charge in [0.05, 0.1) is 6.04 Å². The van der Waals surface area contributed by atoms with Gasteiger partial charge in [0.15, 0.2) is 5.82 Å². The molecule has 1 aromatic carbocycles. The van der Waals surface area contributed by atoms with Crippen LogP contribution < -0.4 is 5.32 Å². The molecular weight excluding hydrogens is 300 g/mol. The molecule has 1 amide bonds. The summed E-state index contributed by atoms with van der Waals surface area (Å²) >= 11 is 0. The minimum absolute atomic E-state index is 0.0850. The van der Waals surface area contributed by atoms with Crippen molar-refractivity contribution in [2.24, 2.45) is 5.92 Å². The van der Waals surface area contributed by atoms with Crippen molar-refractivity contribution in [1.82, 2.24) is 20.1 Å². The van der Waals surface area contributed by atoms with Crippen LogP contribution in [0.2, 0.25) is 0 Å². The van der Waals surface area contributed by atoms with Gasteiger partial charge in [-0.05, 0) is 37.7 Å². The Balaban J connectivity index is 1.46. The van der Waals surface area contributed by atoms with Gasteiger partial charge in [-0.15, -0.1) is 10.2 Å². The van der Waals surface area contributed by atoms with Crippen LogP contribution in [0.1, 0.15) is 56.4 Å². The standard InChI is InChI=1S/C19H26N4O/c1-14(10-11-16-7-4-3-5-8-16)13-18(24)20-15(2)19-22-21-17-9-6-12-23(17)19/h3-5,7-8,14-15H,6,9-13H2,1-2H3,(H,20,24)/t14-,15+/m1/s1. The smallest absolute Gasteiger partial charge is 0.220 e. The van der Waals surface area contributed by atoms with Gasteiger partial charge in [0.1, 0.15) is 5.82 Å². The van der Waals surface area contributed by atoms with Crippen molar-refractivity contribution in [3.8, 4) is 0 Å². The summed E-state index contributed by atoms with van der Waals surface area (Å²) in [6.07, 6.45) is 4.70. The summed E-state index contributed by atoms with van der Waals surface area (Å²) < 4.78 is 2.14. The zero-order valence-corrected chi connectivity index (χ0v) is 14.5. The van der Waals surface area contributed by atoms with Gasteiger partial charge in [-0.1, -0.05) is 37.3 Å². The maximum Gasteiger partial charge on any atom is 0.220 e. The van der Waals surface area contributed by atoms with Gasteiger partial charge >= 0.3 is 0 Å². The molecular formula is C19H26N4O. The van der Waals surface area contributed by atoms with Gasteiger partial charge in [-0.2, -0.15) is 0 Å². The molecule has 0 spiro atoms. The van der Waals surface area contributed by atoms with E-state index in [0.29, 0.717) is 12.3 Å². The van der Waals surface area contributed by atoms with Crippen LogP contribution in [0.3, 0.4) is 0 Å². The highest BCUT2D eigenvalue weighted by atomic mass is 16.1. The Bertz CT molecular complexity index is 680. The maximum atomic E-state index is 12.3. The van der Waals surface area contributed by atoms with E-state index in [0.717, 1.165) is 43.9 Å². The van der Waals surface area contributed by atoms with Crippen LogP contribution in [0.5, 0.6) is 0 Å². The molecule has 5 heteroatoms. The molecule has 1 aliphatic rings. The second-order valence-corrected chi connectivity index (χ2v) is 6.85. The van der Waals surface area contributed by atoms with Crippen molar-refractivity contribution in [2.75, 3.05) is 0 Å². The summed E-state index contributed by atoms with van der Waals surface area (Å²) in [4.78, 5) is 12.3. The molecule has 0 fully saturated rings. The van der Waals surface area contributed by atoms with E-state index < -0.39 is 0 Å². The number of benzene rings is 1. The van der Waals surface area contributed by atoms with Crippen molar-refractivity contribution in [3.05, 3.63) is 47.5 Å². The van der Waals surface area contributed by atoms with Crippen molar-refractivity contribution >= 4 is 5.91 Å².